The van der Waals surface area contributed by atoms with E-state index in [4.69, 9.17) is 0 Å². The second-order valence-electron chi connectivity index (χ2n) is 8.88. The van der Waals surface area contributed by atoms with Gasteiger partial charge in [-0.25, -0.2) is 0 Å². The Morgan fingerprint density at radius 2 is 1.67 bits per heavy atom. The van der Waals surface area contributed by atoms with Crippen molar-refractivity contribution in [2.75, 3.05) is 32.4 Å². The molecule has 2 saturated heterocycles. The average molecular weight is 423 g/mol. The normalized spacial score (nSPS) is 21.0. The summed E-state index contributed by atoms with van der Waals surface area (Å²) in [6.45, 7) is 4.84. The number of rotatable bonds is 6. The molecule has 160 valence electrons. The van der Waals surface area contributed by atoms with Crippen molar-refractivity contribution in [3.63, 3.8) is 0 Å². The van der Waals surface area contributed by atoms with Crippen LogP contribution >= 0.6 is 11.8 Å². The minimum atomic E-state index is 0.176. The number of carbonyl (C=O) groups excluding carboxylic acids is 1. The third kappa shape index (κ3) is 5.67. The molecule has 0 aromatic heterocycles. The highest BCUT2D eigenvalue weighted by atomic mass is 32.2. The lowest BCUT2D eigenvalue weighted by Gasteiger charge is -2.38. The Morgan fingerprint density at radius 1 is 0.933 bits per heavy atom. The van der Waals surface area contributed by atoms with E-state index in [1.54, 1.807) is 11.8 Å². The maximum atomic E-state index is 13.2. The van der Waals surface area contributed by atoms with Crippen molar-refractivity contribution >= 4 is 17.7 Å². The molecular formula is C26H34N2OS. The van der Waals surface area contributed by atoms with Crippen molar-refractivity contribution in [1.29, 1.82) is 0 Å². The quantitative estimate of drug-likeness (QED) is 0.605. The van der Waals surface area contributed by atoms with Crippen molar-refractivity contribution in [3.05, 3.63) is 65.7 Å². The standard InChI is InChI=1S/C26H34N2OS/c1-30-25-11-9-23(10-12-25)19-27-15-5-8-24(20-27)26(29)28-16-13-22(14-17-28)18-21-6-3-2-4-7-21/h2-4,6-7,9-12,22,24H,5,8,13-20H2,1H3. The van der Waals surface area contributed by atoms with Crippen LogP contribution in [0.3, 0.4) is 0 Å². The van der Waals surface area contributed by atoms with Gasteiger partial charge < -0.3 is 4.90 Å². The first-order valence-electron chi connectivity index (χ1n) is 11.4. The van der Waals surface area contributed by atoms with Gasteiger partial charge in [-0.2, -0.15) is 0 Å². The van der Waals surface area contributed by atoms with Gasteiger partial charge in [-0.3, -0.25) is 9.69 Å². The highest BCUT2D eigenvalue weighted by Gasteiger charge is 2.31. The molecule has 1 unspecified atom stereocenters. The molecule has 0 spiro atoms. The van der Waals surface area contributed by atoms with Crippen LogP contribution in [0, 0.1) is 11.8 Å². The number of benzene rings is 2. The molecule has 2 fully saturated rings. The van der Waals surface area contributed by atoms with E-state index in [1.165, 1.54) is 16.0 Å². The molecule has 0 aliphatic carbocycles. The molecule has 0 radical (unpaired) electrons. The highest BCUT2D eigenvalue weighted by Crippen LogP contribution is 2.26. The number of hydrogen-bond donors (Lipinski definition) is 0. The van der Waals surface area contributed by atoms with Gasteiger partial charge in [0.15, 0.2) is 0 Å². The summed E-state index contributed by atoms with van der Waals surface area (Å²) in [4.78, 5) is 19.1. The fourth-order valence-corrected chi connectivity index (χ4v) is 5.36. The van der Waals surface area contributed by atoms with Crippen molar-refractivity contribution in [1.82, 2.24) is 9.80 Å². The Balaban J connectivity index is 1.26. The predicted molar refractivity (Wildman–Crippen MR) is 126 cm³/mol. The molecule has 0 N–H and O–H groups in total. The van der Waals surface area contributed by atoms with Gasteiger partial charge in [0, 0.05) is 31.1 Å². The number of hydrogen-bond acceptors (Lipinski definition) is 3. The van der Waals surface area contributed by atoms with E-state index in [2.05, 4.69) is 70.7 Å². The SMILES string of the molecule is CSc1ccc(CN2CCCC(C(=O)N3CCC(Cc4ccccc4)CC3)C2)cc1. The molecule has 1 amide bonds. The molecule has 30 heavy (non-hydrogen) atoms. The van der Waals surface area contributed by atoms with Crippen LogP contribution in [0.5, 0.6) is 0 Å². The van der Waals surface area contributed by atoms with Crippen LogP contribution in [0.25, 0.3) is 0 Å². The lowest BCUT2D eigenvalue weighted by atomic mass is 9.89. The van der Waals surface area contributed by atoms with Crippen LogP contribution in [0.1, 0.15) is 36.8 Å². The number of piperidine rings is 2. The lowest BCUT2D eigenvalue weighted by molar-refractivity contribution is -0.138. The minimum absolute atomic E-state index is 0.176. The van der Waals surface area contributed by atoms with Crippen LogP contribution in [0.15, 0.2) is 59.5 Å². The van der Waals surface area contributed by atoms with Crippen molar-refractivity contribution in [2.45, 2.75) is 43.5 Å². The van der Waals surface area contributed by atoms with E-state index in [9.17, 15) is 4.79 Å². The number of likely N-dealkylation sites (tertiary alicyclic amines) is 2. The van der Waals surface area contributed by atoms with Crippen LogP contribution in [0.2, 0.25) is 0 Å². The predicted octanol–water partition coefficient (Wildman–Crippen LogP) is 5.10. The first kappa shape index (κ1) is 21.5. The Labute approximate surface area is 185 Å². The Hall–Kier alpha value is -1.78. The Kier molecular flexibility index (Phi) is 7.51. The Morgan fingerprint density at radius 3 is 2.37 bits per heavy atom. The molecule has 2 aromatic carbocycles. The van der Waals surface area contributed by atoms with Gasteiger partial charge >= 0.3 is 0 Å². The summed E-state index contributed by atoms with van der Waals surface area (Å²) < 4.78 is 0. The molecule has 2 heterocycles. The van der Waals surface area contributed by atoms with Crippen molar-refractivity contribution in [3.8, 4) is 0 Å². The molecule has 2 aliphatic rings. The first-order chi connectivity index (χ1) is 14.7. The fourth-order valence-electron chi connectivity index (χ4n) is 4.95. The van der Waals surface area contributed by atoms with Gasteiger partial charge in [-0.1, -0.05) is 42.5 Å². The zero-order valence-corrected chi connectivity index (χ0v) is 18.9. The van der Waals surface area contributed by atoms with Crippen LogP contribution in [-0.4, -0.2) is 48.1 Å². The molecule has 4 heteroatoms. The van der Waals surface area contributed by atoms with Crippen LogP contribution in [0.4, 0.5) is 0 Å². The van der Waals surface area contributed by atoms with Gasteiger partial charge in [0.1, 0.15) is 0 Å². The molecule has 2 aromatic rings. The summed E-state index contributed by atoms with van der Waals surface area (Å²) in [5.74, 6) is 1.29. The summed E-state index contributed by atoms with van der Waals surface area (Å²) in [5, 5.41) is 0. The number of thioether (sulfide) groups is 1. The topological polar surface area (TPSA) is 23.6 Å². The zero-order chi connectivity index (χ0) is 20.8. The van der Waals surface area contributed by atoms with E-state index >= 15 is 0 Å². The van der Waals surface area contributed by atoms with E-state index in [0.29, 0.717) is 11.8 Å². The fraction of sp³-hybridized carbons (Fsp3) is 0.500. The lowest BCUT2D eigenvalue weighted by Crippen LogP contribution is -2.47. The number of nitrogens with zero attached hydrogens (tertiary/aromatic N) is 2. The van der Waals surface area contributed by atoms with Gasteiger partial charge in [0.2, 0.25) is 5.91 Å². The van der Waals surface area contributed by atoms with E-state index in [1.807, 2.05) is 0 Å². The second kappa shape index (κ2) is 10.5. The highest BCUT2D eigenvalue weighted by molar-refractivity contribution is 7.98. The van der Waals surface area contributed by atoms with Gasteiger partial charge in [0.05, 0.1) is 5.92 Å². The summed E-state index contributed by atoms with van der Waals surface area (Å²) in [6, 6.07) is 19.6. The maximum Gasteiger partial charge on any atom is 0.226 e. The summed E-state index contributed by atoms with van der Waals surface area (Å²) >= 11 is 1.78. The number of carbonyl (C=O) groups is 1. The van der Waals surface area contributed by atoms with E-state index < -0.39 is 0 Å². The largest absolute Gasteiger partial charge is 0.342 e. The molecular weight excluding hydrogens is 388 g/mol. The molecule has 0 saturated carbocycles. The molecule has 1 atom stereocenters. The zero-order valence-electron chi connectivity index (χ0n) is 18.1. The van der Waals surface area contributed by atoms with Gasteiger partial charge in [-0.15, -0.1) is 11.8 Å². The molecule has 0 bridgehead atoms. The van der Waals surface area contributed by atoms with Crippen LogP contribution in [-0.2, 0) is 17.8 Å². The number of amides is 1. The van der Waals surface area contributed by atoms with Gasteiger partial charge in [-0.05, 0) is 74.1 Å². The second-order valence-corrected chi connectivity index (χ2v) is 9.76. The summed E-state index contributed by atoms with van der Waals surface area (Å²) in [5.41, 5.74) is 2.78. The minimum Gasteiger partial charge on any atom is -0.342 e. The molecule has 2 aliphatic heterocycles. The summed E-state index contributed by atoms with van der Waals surface area (Å²) in [7, 11) is 0. The first-order valence-corrected chi connectivity index (χ1v) is 12.6. The maximum absolute atomic E-state index is 13.2. The van der Waals surface area contributed by atoms with Gasteiger partial charge in [0.25, 0.3) is 0 Å². The smallest absolute Gasteiger partial charge is 0.226 e. The monoisotopic (exact) mass is 422 g/mol. The van der Waals surface area contributed by atoms with Crippen molar-refractivity contribution < 1.29 is 4.79 Å². The van der Waals surface area contributed by atoms with E-state index in [-0.39, 0.29) is 5.92 Å². The van der Waals surface area contributed by atoms with E-state index in [0.717, 1.165) is 64.8 Å². The van der Waals surface area contributed by atoms with Crippen molar-refractivity contribution in [2.24, 2.45) is 11.8 Å². The molecule has 3 nitrogen and oxygen atoms in total. The molecule has 4 rings (SSSR count). The third-order valence-corrected chi connectivity index (χ3v) is 7.46. The Bertz CT molecular complexity index is 800. The van der Waals surface area contributed by atoms with Crippen LogP contribution < -0.4 is 0 Å². The third-order valence-electron chi connectivity index (χ3n) is 6.71. The average Bonchev–Trinajstić information content (AvgIpc) is 2.80. The summed E-state index contributed by atoms with van der Waals surface area (Å²) in [6.07, 6.45) is 7.71.